The minimum Gasteiger partial charge on any atom is -0.399 e. The first-order valence-electron chi connectivity index (χ1n) is 7.01. The van der Waals surface area contributed by atoms with Crippen LogP contribution in [0.25, 0.3) is 0 Å². The molecule has 0 fully saturated rings. The fourth-order valence-electron chi connectivity index (χ4n) is 2.71. The summed E-state index contributed by atoms with van der Waals surface area (Å²) >= 11 is 0. The van der Waals surface area contributed by atoms with Crippen molar-refractivity contribution in [1.82, 2.24) is 0 Å². The zero-order chi connectivity index (χ0) is 12.0. The van der Waals surface area contributed by atoms with Crippen LogP contribution in [0.2, 0.25) is 0 Å². The van der Waals surface area contributed by atoms with Crippen molar-refractivity contribution < 1.29 is 0 Å². The monoisotopic (exact) mass is 221 g/mol. The number of hydrogen-bond donors (Lipinski definition) is 1. The molecular weight excluding hydrogens is 194 g/mol. The second kappa shape index (κ2) is 6.78. The average molecular weight is 221 g/mol. The molecule has 0 bridgehead atoms. The van der Waals surface area contributed by atoms with Crippen LogP contribution in [0.3, 0.4) is 0 Å². The van der Waals surface area contributed by atoms with E-state index in [2.05, 4.69) is 6.92 Å². The second-order valence-corrected chi connectivity index (χ2v) is 4.56. The summed E-state index contributed by atoms with van der Waals surface area (Å²) in [6.45, 7) is 6.25. The molecule has 2 N–H and O–H groups in total. The van der Waals surface area contributed by atoms with Gasteiger partial charge in [0, 0.05) is 5.70 Å². The summed E-state index contributed by atoms with van der Waals surface area (Å²) in [5, 5.41) is 0. The van der Waals surface area contributed by atoms with Crippen LogP contribution in [0.1, 0.15) is 72.1 Å². The zero-order valence-corrected chi connectivity index (χ0v) is 11.2. The SMILES string of the molecule is CC.CCCCC1=C(N)C2=C(CCC2)CC1. The van der Waals surface area contributed by atoms with Gasteiger partial charge in [0.1, 0.15) is 0 Å². The predicted molar refractivity (Wildman–Crippen MR) is 72.2 cm³/mol. The van der Waals surface area contributed by atoms with E-state index < -0.39 is 0 Å². The maximum absolute atomic E-state index is 6.23. The van der Waals surface area contributed by atoms with Crippen molar-refractivity contribution in [3.63, 3.8) is 0 Å². The predicted octanol–water partition coefficient (Wildman–Crippen LogP) is 4.69. The summed E-state index contributed by atoms with van der Waals surface area (Å²) in [5.74, 6) is 0. The highest BCUT2D eigenvalue weighted by Gasteiger charge is 2.22. The summed E-state index contributed by atoms with van der Waals surface area (Å²) in [5.41, 5.74) is 12.2. The van der Waals surface area contributed by atoms with Crippen LogP contribution in [-0.4, -0.2) is 0 Å². The molecule has 0 atom stereocenters. The van der Waals surface area contributed by atoms with Crippen molar-refractivity contribution in [2.24, 2.45) is 5.73 Å². The van der Waals surface area contributed by atoms with Crippen molar-refractivity contribution in [3.05, 3.63) is 22.4 Å². The van der Waals surface area contributed by atoms with Crippen LogP contribution < -0.4 is 5.73 Å². The van der Waals surface area contributed by atoms with Crippen LogP contribution in [0.4, 0.5) is 0 Å². The highest BCUT2D eigenvalue weighted by Crippen LogP contribution is 2.39. The third-order valence-electron chi connectivity index (χ3n) is 3.60. The molecular formula is C15H27N. The molecule has 2 aliphatic rings. The molecule has 0 aromatic rings. The topological polar surface area (TPSA) is 26.0 Å². The van der Waals surface area contributed by atoms with Gasteiger partial charge in [0.2, 0.25) is 0 Å². The van der Waals surface area contributed by atoms with Gasteiger partial charge in [-0.2, -0.15) is 0 Å². The van der Waals surface area contributed by atoms with Gasteiger partial charge in [0.25, 0.3) is 0 Å². The lowest BCUT2D eigenvalue weighted by Gasteiger charge is -2.20. The number of unbranched alkanes of at least 4 members (excludes halogenated alkanes) is 1. The fraction of sp³-hybridized carbons (Fsp3) is 0.733. The minimum atomic E-state index is 1.18. The largest absolute Gasteiger partial charge is 0.399 e. The molecule has 0 aromatic carbocycles. The summed E-state index contributed by atoms with van der Waals surface area (Å²) < 4.78 is 0. The van der Waals surface area contributed by atoms with Gasteiger partial charge in [-0.15, -0.1) is 0 Å². The lowest BCUT2D eigenvalue weighted by molar-refractivity contribution is 0.723. The number of allylic oxidation sites excluding steroid dienone is 3. The zero-order valence-electron chi connectivity index (χ0n) is 11.2. The van der Waals surface area contributed by atoms with E-state index in [1.807, 2.05) is 13.8 Å². The Morgan fingerprint density at radius 1 is 1.06 bits per heavy atom. The van der Waals surface area contributed by atoms with Gasteiger partial charge in [-0.1, -0.05) is 32.8 Å². The van der Waals surface area contributed by atoms with Gasteiger partial charge in [0.15, 0.2) is 0 Å². The first-order valence-corrected chi connectivity index (χ1v) is 7.01. The lowest BCUT2D eigenvalue weighted by Crippen LogP contribution is -2.10. The Morgan fingerprint density at radius 3 is 2.50 bits per heavy atom. The first-order chi connectivity index (χ1) is 7.83. The standard InChI is InChI=1S/C13H21N.C2H6/c1-2-3-5-11-9-8-10-6-4-7-12(10)13(11)14;1-2/h2-9,14H2,1H3;1-2H3. The molecule has 16 heavy (non-hydrogen) atoms. The van der Waals surface area contributed by atoms with Gasteiger partial charge < -0.3 is 5.73 Å². The van der Waals surface area contributed by atoms with Crippen LogP contribution in [0.5, 0.6) is 0 Å². The van der Waals surface area contributed by atoms with Gasteiger partial charge >= 0.3 is 0 Å². The van der Waals surface area contributed by atoms with E-state index in [0.29, 0.717) is 0 Å². The van der Waals surface area contributed by atoms with Gasteiger partial charge in [0.05, 0.1) is 0 Å². The molecule has 2 rings (SSSR count). The van der Waals surface area contributed by atoms with Gasteiger partial charge in [-0.3, -0.25) is 0 Å². The van der Waals surface area contributed by atoms with Crippen molar-refractivity contribution in [2.75, 3.05) is 0 Å². The van der Waals surface area contributed by atoms with Crippen LogP contribution >= 0.6 is 0 Å². The van der Waals surface area contributed by atoms with E-state index in [1.54, 1.807) is 11.1 Å². The molecule has 0 aliphatic heterocycles. The number of hydrogen-bond acceptors (Lipinski definition) is 1. The van der Waals surface area contributed by atoms with Crippen molar-refractivity contribution in [1.29, 1.82) is 0 Å². The molecule has 0 spiro atoms. The summed E-state index contributed by atoms with van der Waals surface area (Å²) in [7, 11) is 0. The number of nitrogens with two attached hydrogens (primary N) is 1. The Labute approximate surface area is 101 Å². The summed E-state index contributed by atoms with van der Waals surface area (Å²) in [4.78, 5) is 0. The van der Waals surface area contributed by atoms with E-state index in [0.717, 1.165) is 0 Å². The maximum atomic E-state index is 6.23. The molecule has 0 saturated carbocycles. The van der Waals surface area contributed by atoms with Gasteiger partial charge in [-0.05, 0) is 56.1 Å². The Hall–Kier alpha value is -0.720. The number of rotatable bonds is 3. The van der Waals surface area contributed by atoms with Crippen molar-refractivity contribution in [3.8, 4) is 0 Å². The molecule has 0 saturated heterocycles. The van der Waals surface area contributed by atoms with Crippen molar-refractivity contribution >= 4 is 0 Å². The molecule has 2 aliphatic carbocycles. The van der Waals surface area contributed by atoms with E-state index in [4.69, 9.17) is 5.73 Å². The smallest absolute Gasteiger partial charge is 0.0338 e. The third kappa shape index (κ3) is 2.90. The first kappa shape index (κ1) is 13.3. The molecule has 0 heterocycles. The van der Waals surface area contributed by atoms with Crippen molar-refractivity contribution in [2.45, 2.75) is 72.1 Å². The van der Waals surface area contributed by atoms with E-state index >= 15 is 0 Å². The van der Waals surface area contributed by atoms with E-state index in [9.17, 15) is 0 Å². The van der Waals surface area contributed by atoms with Gasteiger partial charge in [-0.25, -0.2) is 0 Å². The fourth-order valence-corrected chi connectivity index (χ4v) is 2.71. The van der Waals surface area contributed by atoms with Crippen LogP contribution in [0, 0.1) is 0 Å². The molecule has 0 amide bonds. The minimum absolute atomic E-state index is 1.18. The molecule has 0 radical (unpaired) electrons. The summed E-state index contributed by atoms with van der Waals surface area (Å²) in [6, 6.07) is 0. The van der Waals surface area contributed by atoms with E-state index in [1.165, 1.54) is 62.6 Å². The molecule has 92 valence electrons. The molecule has 0 aromatic heterocycles. The normalized spacial score (nSPS) is 19.4. The highest BCUT2D eigenvalue weighted by molar-refractivity contribution is 5.42. The Morgan fingerprint density at radius 2 is 1.81 bits per heavy atom. The van der Waals surface area contributed by atoms with E-state index in [-0.39, 0.29) is 0 Å². The molecule has 1 heteroatoms. The average Bonchev–Trinajstić information content (AvgIpc) is 2.80. The third-order valence-corrected chi connectivity index (χ3v) is 3.60. The highest BCUT2D eigenvalue weighted by atomic mass is 14.6. The Balaban J connectivity index is 0.000000606. The lowest BCUT2D eigenvalue weighted by atomic mass is 9.89. The quantitative estimate of drug-likeness (QED) is 0.735. The molecule has 1 nitrogen and oxygen atoms in total. The maximum Gasteiger partial charge on any atom is 0.0338 e. The Bertz CT molecular complexity index is 284. The Kier molecular flexibility index (Phi) is 5.65. The van der Waals surface area contributed by atoms with Crippen LogP contribution in [-0.2, 0) is 0 Å². The second-order valence-electron chi connectivity index (χ2n) is 4.56. The molecule has 0 unspecified atom stereocenters. The van der Waals surface area contributed by atoms with Crippen LogP contribution in [0.15, 0.2) is 22.4 Å². The summed E-state index contributed by atoms with van der Waals surface area (Å²) in [6.07, 6.45) is 10.3.